The second kappa shape index (κ2) is 10.8. The van der Waals surface area contributed by atoms with E-state index in [0.717, 1.165) is 46.4 Å². The molecule has 2 heterocycles. The first-order chi connectivity index (χ1) is 17.3. The monoisotopic (exact) mass is 489 g/mol. The first kappa shape index (κ1) is 25.2. The molecule has 9 heteroatoms. The van der Waals surface area contributed by atoms with Crippen molar-refractivity contribution in [3.63, 3.8) is 0 Å². The van der Waals surface area contributed by atoms with Crippen molar-refractivity contribution in [2.75, 3.05) is 6.54 Å². The smallest absolute Gasteiger partial charge is 0.415 e. The Labute approximate surface area is 210 Å². The summed E-state index contributed by atoms with van der Waals surface area (Å²) in [6.07, 6.45) is 4.62. The molecule has 0 radical (unpaired) electrons. The minimum absolute atomic E-state index is 0.0126. The maximum absolute atomic E-state index is 12.6. The molecule has 1 aromatic heterocycles. The number of aromatic nitrogens is 1. The molecule has 2 N–H and O–H groups in total. The van der Waals surface area contributed by atoms with Crippen molar-refractivity contribution < 1.29 is 19.5 Å². The number of amides is 4. The second-order valence-electron chi connectivity index (χ2n) is 9.69. The SMILES string of the molecule is CC(C)N1Cc2cc(-c3ccc(C(C#N)CNC(=O)N(C(=O)O)C4CCCCC4)cc3)cnc2C1=O. The van der Waals surface area contributed by atoms with Crippen LogP contribution in [0.3, 0.4) is 0 Å². The van der Waals surface area contributed by atoms with Crippen molar-refractivity contribution in [1.82, 2.24) is 20.1 Å². The molecule has 1 aromatic carbocycles. The fraction of sp³-hybridized carbons (Fsp3) is 0.444. The van der Waals surface area contributed by atoms with Crippen LogP contribution in [0.4, 0.5) is 9.59 Å². The van der Waals surface area contributed by atoms with Crippen LogP contribution in [0, 0.1) is 11.3 Å². The Morgan fingerprint density at radius 2 is 1.89 bits per heavy atom. The lowest BCUT2D eigenvalue weighted by atomic mass is 9.94. The number of fused-ring (bicyclic) bond motifs is 1. The van der Waals surface area contributed by atoms with Crippen molar-refractivity contribution >= 4 is 18.0 Å². The Kier molecular flexibility index (Phi) is 7.53. The third-order valence-corrected chi connectivity index (χ3v) is 7.02. The van der Waals surface area contributed by atoms with E-state index < -0.39 is 18.0 Å². The van der Waals surface area contributed by atoms with Crippen molar-refractivity contribution in [3.05, 3.63) is 53.3 Å². The Bertz CT molecular complexity index is 1180. The third-order valence-electron chi connectivity index (χ3n) is 7.02. The van der Waals surface area contributed by atoms with Crippen molar-refractivity contribution in [2.24, 2.45) is 0 Å². The average molecular weight is 490 g/mol. The van der Waals surface area contributed by atoms with Gasteiger partial charge in [-0.1, -0.05) is 43.5 Å². The van der Waals surface area contributed by atoms with E-state index in [-0.39, 0.29) is 24.5 Å². The van der Waals surface area contributed by atoms with E-state index in [1.807, 2.05) is 44.2 Å². The number of pyridine rings is 1. The van der Waals surface area contributed by atoms with Gasteiger partial charge in [-0.3, -0.25) is 9.78 Å². The van der Waals surface area contributed by atoms with Crippen LogP contribution < -0.4 is 5.32 Å². The number of rotatable bonds is 6. The molecule has 0 spiro atoms. The molecular weight excluding hydrogens is 458 g/mol. The summed E-state index contributed by atoms with van der Waals surface area (Å²) in [6, 6.07) is 10.7. The van der Waals surface area contributed by atoms with Crippen LogP contribution in [0.25, 0.3) is 11.1 Å². The molecule has 0 bridgehead atoms. The number of urea groups is 1. The minimum Gasteiger partial charge on any atom is -0.465 e. The maximum Gasteiger partial charge on any atom is 0.415 e. The molecule has 2 aromatic rings. The van der Waals surface area contributed by atoms with Crippen molar-refractivity contribution in [2.45, 2.75) is 70.5 Å². The van der Waals surface area contributed by atoms with Gasteiger partial charge in [0.25, 0.3) is 5.91 Å². The molecule has 9 nitrogen and oxygen atoms in total. The van der Waals surface area contributed by atoms with E-state index in [9.17, 15) is 24.8 Å². The van der Waals surface area contributed by atoms with Crippen LogP contribution in [-0.2, 0) is 6.54 Å². The third kappa shape index (κ3) is 5.18. The molecule has 36 heavy (non-hydrogen) atoms. The highest BCUT2D eigenvalue weighted by atomic mass is 16.4. The number of nitrogens with one attached hydrogen (secondary N) is 1. The van der Waals surface area contributed by atoms with Gasteiger partial charge in [0.05, 0.1) is 12.0 Å². The average Bonchev–Trinajstić information content (AvgIpc) is 3.21. The maximum atomic E-state index is 12.6. The zero-order chi connectivity index (χ0) is 25.8. The molecule has 1 aliphatic heterocycles. The molecular formula is C27H31N5O4. The molecule has 1 aliphatic carbocycles. The van der Waals surface area contributed by atoms with E-state index in [2.05, 4.69) is 16.4 Å². The van der Waals surface area contributed by atoms with Gasteiger partial charge >= 0.3 is 12.1 Å². The van der Waals surface area contributed by atoms with E-state index in [4.69, 9.17) is 0 Å². The highest BCUT2D eigenvalue weighted by Gasteiger charge is 2.32. The van der Waals surface area contributed by atoms with Gasteiger partial charge in [0.15, 0.2) is 0 Å². The minimum atomic E-state index is -1.27. The molecule has 2 aliphatic rings. The molecule has 1 unspecified atom stereocenters. The molecule has 0 saturated heterocycles. The van der Waals surface area contributed by atoms with Gasteiger partial charge < -0.3 is 15.3 Å². The van der Waals surface area contributed by atoms with Crippen LogP contribution >= 0.6 is 0 Å². The summed E-state index contributed by atoms with van der Waals surface area (Å²) in [6.45, 7) is 4.51. The molecule has 4 amide bonds. The van der Waals surface area contributed by atoms with E-state index in [0.29, 0.717) is 25.1 Å². The zero-order valence-corrected chi connectivity index (χ0v) is 20.6. The largest absolute Gasteiger partial charge is 0.465 e. The van der Waals surface area contributed by atoms with E-state index in [1.54, 1.807) is 11.1 Å². The number of carbonyl (C=O) groups excluding carboxylic acids is 2. The summed E-state index contributed by atoms with van der Waals surface area (Å²) in [5, 5.41) is 21.9. The first-order valence-electron chi connectivity index (χ1n) is 12.4. The Hall–Kier alpha value is -3.93. The quantitative estimate of drug-likeness (QED) is 0.603. The van der Waals surface area contributed by atoms with Gasteiger partial charge in [0, 0.05) is 42.5 Å². The number of hydrogen-bond donors (Lipinski definition) is 2. The Morgan fingerprint density at radius 3 is 2.50 bits per heavy atom. The van der Waals surface area contributed by atoms with Crippen LogP contribution in [0.2, 0.25) is 0 Å². The van der Waals surface area contributed by atoms with Crippen LogP contribution in [0.15, 0.2) is 36.5 Å². The summed E-state index contributed by atoms with van der Waals surface area (Å²) in [4.78, 5) is 43.9. The van der Waals surface area contributed by atoms with Gasteiger partial charge in [-0.05, 0) is 43.9 Å². The van der Waals surface area contributed by atoms with Crippen LogP contribution in [-0.4, -0.2) is 56.6 Å². The number of hydrogen-bond acceptors (Lipinski definition) is 5. The van der Waals surface area contributed by atoms with Gasteiger partial charge in [-0.15, -0.1) is 0 Å². The summed E-state index contributed by atoms with van der Waals surface area (Å²) in [7, 11) is 0. The number of carboxylic acid groups (broad SMARTS) is 1. The fourth-order valence-electron chi connectivity index (χ4n) is 4.96. The normalized spacial score (nSPS) is 16.4. The summed E-state index contributed by atoms with van der Waals surface area (Å²) in [5.74, 6) is -0.675. The Morgan fingerprint density at radius 1 is 1.19 bits per heavy atom. The fourth-order valence-corrected chi connectivity index (χ4v) is 4.96. The van der Waals surface area contributed by atoms with Crippen molar-refractivity contribution in [3.8, 4) is 17.2 Å². The highest BCUT2D eigenvalue weighted by Crippen LogP contribution is 2.29. The van der Waals surface area contributed by atoms with Crippen molar-refractivity contribution in [1.29, 1.82) is 5.26 Å². The lowest BCUT2D eigenvalue weighted by Gasteiger charge is -2.30. The number of nitriles is 1. The van der Waals surface area contributed by atoms with Crippen LogP contribution in [0.5, 0.6) is 0 Å². The number of benzene rings is 1. The molecule has 188 valence electrons. The molecule has 1 fully saturated rings. The first-order valence-corrected chi connectivity index (χ1v) is 12.4. The van der Waals surface area contributed by atoms with Gasteiger partial charge in [-0.2, -0.15) is 5.26 Å². The van der Waals surface area contributed by atoms with E-state index >= 15 is 0 Å². The van der Waals surface area contributed by atoms with Gasteiger partial charge in [0.1, 0.15) is 5.69 Å². The topological polar surface area (TPSA) is 127 Å². The zero-order valence-electron chi connectivity index (χ0n) is 20.6. The summed E-state index contributed by atoms with van der Waals surface area (Å²) < 4.78 is 0. The standard InChI is InChI=1S/C27H31N5O4/c1-17(2)31-16-21-12-20(14-29-24(21)25(31)33)18-8-10-19(11-9-18)22(13-28)15-30-26(34)32(27(35)36)23-6-4-3-5-7-23/h8-12,14,17,22-23H,3-7,15-16H2,1-2H3,(H,30,34)(H,35,36). The van der Waals surface area contributed by atoms with E-state index in [1.165, 1.54) is 0 Å². The summed E-state index contributed by atoms with van der Waals surface area (Å²) >= 11 is 0. The molecule has 1 atom stereocenters. The lowest BCUT2D eigenvalue weighted by Crippen LogP contribution is -2.50. The summed E-state index contributed by atoms with van der Waals surface area (Å²) in [5.41, 5.74) is 3.89. The number of carbonyl (C=O) groups is 3. The predicted molar refractivity (Wildman–Crippen MR) is 133 cm³/mol. The number of imide groups is 1. The Balaban J connectivity index is 1.42. The highest BCUT2D eigenvalue weighted by molar-refractivity contribution is 5.97. The molecule has 4 rings (SSSR count). The number of nitrogens with zero attached hydrogens (tertiary/aromatic N) is 4. The lowest BCUT2D eigenvalue weighted by molar-refractivity contribution is 0.0726. The van der Waals surface area contributed by atoms with Crippen LogP contribution in [0.1, 0.15) is 73.5 Å². The second-order valence-corrected chi connectivity index (χ2v) is 9.69. The van der Waals surface area contributed by atoms with Gasteiger partial charge in [-0.25, -0.2) is 14.5 Å². The predicted octanol–water partition coefficient (Wildman–Crippen LogP) is 4.74. The molecule has 1 saturated carbocycles. The van der Waals surface area contributed by atoms with Gasteiger partial charge in [0.2, 0.25) is 0 Å².